The fourth-order valence-electron chi connectivity index (χ4n) is 2.20. The van der Waals surface area contributed by atoms with Crippen molar-refractivity contribution in [3.05, 3.63) is 30.3 Å². The average Bonchev–Trinajstić information content (AvgIpc) is 2.55. The predicted octanol–water partition coefficient (Wildman–Crippen LogP) is 2.29. The minimum Gasteiger partial charge on any atom is -0.385 e. The number of carbonyl (C=O) groups is 1. The maximum atomic E-state index is 12.8. The van der Waals surface area contributed by atoms with E-state index in [0.29, 0.717) is 19.6 Å². The van der Waals surface area contributed by atoms with Gasteiger partial charge >= 0.3 is 0 Å². The van der Waals surface area contributed by atoms with E-state index in [1.54, 1.807) is 12.0 Å². The van der Waals surface area contributed by atoms with Crippen LogP contribution in [0.5, 0.6) is 0 Å². The van der Waals surface area contributed by atoms with Crippen molar-refractivity contribution >= 4 is 11.6 Å². The Labute approximate surface area is 133 Å². The molecule has 5 heteroatoms. The lowest BCUT2D eigenvalue weighted by Gasteiger charge is -2.30. The number of carbonyl (C=O) groups excluding carboxylic acids is 1. The second-order valence-electron chi connectivity index (χ2n) is 5.24. The molecule has 0 N–H and O–H groups in total. The number of rotatable bonds is 9. The van der Waals surface area contributed by atoms with Gasteiger partial charge in [-0.05, 0) is 32.5 Å². The number of likely N-dealkylation sites (N-methyl/N-ethyl adjacent to an activating group) is 1. The Kier molecular flexibility index (Phi) is 8.19. The van der Waals surface area contributed by atoms with Gasteiger partial charge in [-0.3, -0.25) is 9.69 Å². The molecule has 0 spiro atoms. The van der Waals surface area contributed by atoms with Crippen LogP contribution in [0.1, 0.15) is 19.8 Å². The van der Waals surface area contributed by atoms with Crippen molar-refractivity contribution in [1.82, 2.24) is 4.90 Å². The predicted molar refractivity (Wildman–Crippen MR) is 87.6 cm³/mol. The van der Waals surface area contributed by atoms with Gasteiger partial charge in [0.15, 0.2) is 0 Å². The fourth-order valence-corrected chi connectivity index (χ4v) is 2.20. The highest BCUT2D eigenvalue weighted by Gasteiger charge is 2.24. The smallest absolute Gasteiger partial charge is 0.244 e. The molecule has 0 aliphatic carbocycles. The van der Waals surface area contributed by atoms with E-state index in [0.717, 1.165) is 18.7 Å². The largest absolute Gasteiger partial charge is 0.385 e. The molecule has 0 aliphatic heterocycles. The Balaban J connectivity index is 2.76. The second-order valence-corrected chi connectivity index (χ2v) is 5.24. The minimum absolute atomic E-state index is 0.0152. The first kappa shape index (κ1) is 18.1. The monoisotopic (exact) mass is 303 g/mol. The van der Waals surface area contributed by atoms with Crippen LogP contribution in [0.15, 0.2) is 30.3 Å². The summed E-state index contributed by atoms with van der Waals surface area (Å²) in [4.78, 5) is 16.5. The Morgan fingerprint density at radius 1 is 1.32 bits per heavy atom. The molecule has 0 saturated heterocycles. The number of methoxy groups -OCH3 is 1. The summed E-state index contributed by atoms with van der Waals surface area (Å²) in [5.41, 5.74) is 0.833. The molecule has 1 amide bonds. The van der Waals surface area contributed by atoms with Crippen molar-refractivity contribution in [3.63, 3.8) is 0 Å². The Morgan fingerprint density at radius 2 is 2.00 bits per heavy atom. The quantitative estimate of drug-likeness (QED) is 0.657. The van der Waals surface area contributed by atoms with Crippen LogP contribution in [0.2, 0.25) is 0 Å². The molecule has 22 heavy (non-hydrogen) atoms. The Bertz CT molecular complexity index is 484. The van der Waals surface area contributed by atoms with Crippen LogP contribution in [-0.4, -0.2) is 50.7 Å². The first-order chi connectivity index (χ1) is 10.6. The lowest BCUT2D eigenvalue weighted by atomic mass is 10.2. The molecule has 1 aromatic carbocycles. The number of amides is 1. The van der Waals surface area contributed by atoms with Crippen LogP contribution in [0, 0.1) is 11.3 Å². The first-order valence-corrected chi connectivity index (χ1v) is 7.54. The van der Waals surface area contributed by atoms with Gasteiger partial charge in [0, 0.05) is 32.5 Å². The van der Waals surface area contributed by atoms with E-state index in [-0.39, 0.29) is 11.9 Å². The molecular formula is C17H25N3O2. The highest BCUT2D eigenvalue weighted by atomic mass is 16.5. The maximum Gasteiger partial charge on any atom is 0.244 e. The normalized spacial score (nSPS) is 12.0. The van der Waals surface area contributed by atoms with Gasteiger partial charge in [0.1, 0.15) is 0 Å². The topological polar surface area (TPSA) is 56.6 Å². The molecule has 1 unspecified atom stereocenters. The molecule has 0 bridgehead atoms. The van der Waals surface area contributed by atoms with Crippen molar-refractivity contribution < 1.29 is 9.53 Å². The van der Waals surface area contributed by atoms with Crippen LogP contribution in [0.3, 0.4) is 0 Å². The van der Waals surface area contributed by atoms with E-state index in [9.17, 15) is 4.79 Å². The summed E-state index contributed by atoms with van der Waals surface area (Å²) >= 11 is 0. The van der Waals surface area contributed by atoms with E-state index < -0.39 is 0 Å². The zero-order chi connectivity index (χ0) is 16.4. The van der Waals surface area contributed by atoms with Gasteiger partial charge in [-0.15, -0.1) is 0 Å². The number of nitrogens with zero attached hydrogens (tertiary/aromatic N) is 3. The number of benzene rings is 1. The van der Waals surface area contributed by atoms with E-state index in [2.05, 4.69) is 6.07 Å². The Hall–Kier alpha value is -1.90. The zero-order valence-corrected chi connectivity index (χ0v) is 13.7. The molecule has 1 atom stereocenters. The molecule has 0 aliphatic rings. The summed E-state index contributed by atoms with van der Waals surface area (Å²) in [6.45, 7) is 3.79. The van der Waals surface area contributed by atoms with Crippen molar-refractivity contribution in [2.24, 2.45) is 0 Å². The molecule has 0 saturated carbocycles. The third-order valence-corrected chi connectivity index (χ3v) is 3.66. The van der Waals surface area contributed by atoms with E-state index in [1.165, 1.54) is 0 Å². The van der Waals surface area contributed by atoms with Crippen LogP contribution in [-0.2, 0) is 9.53 Å². The zero-order valence-electron chi connectivity index (χ0n) is 13.7. The number of ether oxygens (including phenoxy) is 1. The summed E-state index contributed by atoms with van der Waals surface area (Å²) in [7, 11) is 3.61. The van der Waals surface area contributed by atoms with Crippen molar-refractivity contribution in [2.75, 3.05) is 38.8 Å². The number of hydrogen-bond acceptors (Lipinski definition) is 4. The number of anilines is 1. The molecule has 0 heterocycles. The molecule has 0 aromatic heterocycles. The molecule has 120 valence electrons. The Morgan fingerprint density at radius 3 is 2.59 bits per heavy atom. The van der Waals surface area contributed by atoms with Crippen molar-refractivity contribution in [1.29, 1.82) is 5.26 Å². The third kappa shape index (κ3) is 5.47. The van der Waals surface area contributed by atoms with Gasteiger partial charge in [0.05, 0.1) is 18.5 Å². The summed E-state index contributed by atoms with van der Waals surface area (Å²) in [5.74, 6) is 0.0152. The highest BCUT2D eigenvalue weighted by Crippen LogP contribution is 2.16. The highest BCUT2D eigenvalue weighted by molar-refractivity contribution is 5.96. The molecule has 0 radical (unpaired) electrons. The van der Waals surface area contributed by atoms with E-state index in [4.69, 9.17) is 10.00 Å². The van der Waals surface area contributed by atoms with Crippen LogP contribution >= 0.6 is 0 Å². The van der Waals surface area contributed by atoms with E-state index in [1.807, 2.05) is 49.2 Å². The SMILES string of the molecule is COCCCN(C)C(C)C(=O)N(CCC#N)c1ccccc1. The summed E-state index contributed by atoms with van der Waals surface area (Å²) in [6.07, 6.45) is 1.20. The van der Waals surface area contributed by atoms with Gasteiger partial charge in [0.25, 0.3) is 0 Å². The fraction of sp³-hybridized carbons (Fsp3) is 0.529. The summed E-state index contributed by atoms with van der Waals surface area (Å²) in [5, 5.41) is 8.82. The lowest BCUT2D eigenvalue weighted by Crippen LogP contribution is -2.46. The average molecular weight is 303 g/mol. The second kappa shape index (κ2) is 9.93. The van der Waals surface area contributed by atoms with Gasteiger partial charge in [-0.25, -0.2) is 0 Å². The lowest BCUT2D eigenvalue weighted by molar-refractivity contribution is -0.122. The van der Waals surface area contributed by atoms with Crippen molar-refractivity contribution in [2.45, 2.75) is 25.8 Å². The first-order valence-electron chi connectivity index (χ1n) is 7.54. The minimum atomic E-state index is -0.240. The summed E-state index contributed by atoms with van der Waals surface area (Å²) < 4.78 is 5.04. The van der Waals surface area contributed by atoms with Gasteiger partial charge < -0.3 is 9.64 Å². The molecule has 0 fully saturated rings. The maximum absolute atomic E-state index is 12.8. The molecule has 5 nitrogen and oxygen atoms in total. The summed E-state index contributed by atoms with van der Waals surface area (Å²) in [6, 6.07) is 11.4. The number of hydrogen-bond donors (Lipinski definition) is 0. The van der Waals surface area contributed by atoms with Gasteiger partial charge in [0.2, 0.25) is 5.91 Å². The van der Waals surface area contributed by atoms with Gasteiger partial charge in [-0.1, -0.05) is 18.2 Å². The molecular weight excluding hydrogens is 278 g/mol. The standard InChI is InChI=1S/C17H25N3O2/c1-15(19(2)12-8-14-22-3)17(21)20(13-7-11-18)16-9-5-4-6-10-16/h4-6,9-10,15H,7-8,12-14H2,1-3H3. The number of para-hydroxylation sites is 1. The number of nitriles is 1. The van der Waals surface area contributed by atoms with Gasteiger partial charge in [-0.2, -0.15) is 5.26 Å². The van der Waals surface area contributed by atoms with Crippen LogP contribution < -0.4 is 4.90 Å². The van der Waals surface area contributed by atoms with E-state index >= 15 is 0 Å². The van der Waals surface area contributed by atoms with Crippen LogP contribution in [0.4, 0.5) is 5.69 Å². The van der Waals surface area contributed by atoms with Crippen molar-refractivity contribution in [3.8, 4) is 6.07 Å². The third-order valence-electron chi connectivity index (χ3n) is 3.66. The van der Waals surface area contributed by atoms with Crippen LogP contribution in [0.25, 0.3) is 0 Å². The molecule has 1 rings (SSSR count). The molecule has 1 aromatic rings.